The number of hydrogen-bond acceptors (Lipinski definition) is 4. The van der Waals surface area contributed by atoms with Gasteiger partial charge in [-0.15, -0.1) is 0 Å². The largest absolute Gasteiger partial charge is 0.345 e. The van der Waals surface area contributed by atoms with Crippen molar-refractivity contribution in [3.8, 4) is 6.07 Å². The molecule has 0 bridgehead atoms. The Kier molecular flexibility index (Phi) is 3.63. The number of sulfonamides is 1. The van der Waals surface area contributed by atoms with Crippen LogP contribution in [-0.2, 0) is 16.6 Å². The van der Waals surface area contributed by atoms with Crippen LogP contribution in [0, 0.1) is 11.3 Å². The SMILES string of the molecule is N#Cc1ccccc1S(=O)(=O)NCc1ccc2nc[nH]c2c1. The third-order valence-corrected chi connectivity index (χ3v) is 4.71. The highest BCUT2D eigenvalue weighted by molar-refractivity contribution is 7.89. The number of H-pyrrole nitrogens is 1. The average molecular weight is 312 g/mol. The summed E-state index contributed by atoms with van der Waals surface area (Å²) in [7, 11) is -3.74. The van der Waals surface area contributed by atoms with E-state index in [9.17, 15) is 8.42 Å². The number of benzene rings is 2. The highest BCUT2D eigenvalue weighted by Gasteiger charge is 2.17. The number of nitriles is 1. The van der Waals surface area contributed by atoms with Crippen LogP contribution in [0.25, 0.3) is 11.0 Å². The summed E-state index contributed by atoms with van der Waals surface area (Å²) in [5.41, 5.74) is 2.59. The van der Waals surface area contributed by atoms with Gasteiger partial charge in [-0.05, 0) is 29.8 Å². The molecule has 0 amide bonds. The summed E-state index contributed by atoms with van der Waals surface area (Å²) >= 11 is 0. The molecule has 3 rings (SSSR count). The molecule has 2 N–H and O–H groups in total. The number of nitrogens with zero attached hydrogens (tertiary/aromatic N) is 2. The molecule has 0 unspecified atom stereocenters. The molecule has 3 aromatic rings. The van der Waals surface area contributed by atoms with Crippen LogP contribution in [0.1, 0.15) is 11.1 Å². The molecule has 7 heteroatoms. The molecule has 0 fully saturated rings. The van der Waals surface area contributed by atoms with Crippen molar-refractivity contribution in [1.29, 1.82) is 5.26 Å². The van der Waals surface area contributed by atoms with Gasteiger partial charge in [-0.2, -0.15) is 5.26 Å². The Bertz CT molecular complexity index is 970. The van der Waals surface area contributed by atoms with Gasteiger partial charge in [0.05, 0.1) is 27.8 Å². The predicted molar refractivity (Wildman–Crippen MR) is 81.3 cm³/mol. The quantitative estimate of drug-likeness (QED) is 0.768. The van der Waals surface area contributed by atoms with Gasteiger partial charge in [-0.1, -0.05) is 18.2 Å². The molecule has 0 saturated carbocycles. The summed E-state index contributed by atoms with van der Waals surface area (Å²) in [5.74, 6) is 0. The van der Waals surface area contributed by atoms with Gasteiger partial charge in [0, 0.05) is 6.54 Å². The zero-order valence-electron chi connectivity index (χ0n) is 11.4. The maximum atomic E-state index is 12.3. The Morgan fingerprint density at radius 1 is 1.23 bits per heavy atom. The summed E-state index contributed by atoms with van der Waals surface area (Å²) in [5, 5.41) is 9.01. The lowest BCUT2D eigenvalue weighted by atomic mass is 10.2. The van der Waals surface area contributed by atoms with Crippen LogP contribution in [0.3, 0.4) is 0 Å². The van der Waals surface area contributed by atoms with Crippen molar-refractivity contribution in [2.45, 2.75) is 11.4 Å². The molecule has 6 nitrogen and oxygen atoms in total. The summed E-state index contributed by atoms with van der Waals surface area (Å²) in [6, 6.07) is 13.5. The topological polar surface area (TPSA) is 98.6 Å². The van der Waals surface area contributed by atoms with Gasteiger partial charge in [0.25, 0.3) is 0 Å². The van der Waals surface area contributed by atoms with Crippen LogP contribution in [0.15, 0.2) is 53.7 Å². The summed E-state index contributed by atoms with van der Waals surface area (Å²) < 4.78 is 27.1. The molecule has 0 aliphatic rings. The number of nitrogens with one attached hydrogen (secondary N) is 2. The minimum atomic E-state index is -3.74. The summed E-state index contributed by atoms with van der Waals surface area (Å²) in [6.45, 7) is 0.136. The zero-order valence-corrected chi connectivity index (χ0v) is 12.3. The monoisotopic (exact) mass is 312 g/mol. The molecule has 1 aromatic heterocycles. The fourth-order valence-corrected chi connectivity index (χ4v) is 3.32. The van der Waals surface area contributed by atoms with Gasteiger partial charge >= 0.3 is 0 Å². The number of hydrogen-bond donors (Lipinski definition) is 2. The van der Waals surface area contributed by atoms with Crippen molar-refractivity contribution in [2.24, 2.45) is 0 Å². The summed E-state index contributed by atoms with van der Waals surface area (Å²) in [4.78, 5) is 7.07. The number of imidazole rings is 1. The smallest absolute Gasteiger partial charge is 0.242 e. The van der Waals surface area contributed by atoms with E-state index >= 15 is 0 Å². The van der Waals surface area contributed by atoms with Crippen LogP contribution >= 0.6 is 0 Å². The maximum absolute atomic E-state index is 12.3. The third kappa shape index (κ3) is 2.70. The van der Waals surface area contributed by atoms with Gasteiger partial charge in [0.2, 0.25) is 10.0 Å². The van der Waals surface area contributed by atoms with Crippen molar-refractivity contribution in [2.75, 3.05) is 0 Å². The molecule has 22 heavy (non-hydrogen) atoms. The molecular weight excluding hydrogens is 300 g/mol. The fourth-order valence-electron chi connectivity index (χ4n) is 2.14. The van der Waals surface area contributed by atoms with Gasteiger partial charge < -0.3 is 4.98 Å². The van der Waals surface area contributed by atoms with E-state index in [2.05, 4.69) is 14.7 Å². The highest BCUT2D eigenvalue weighted by Crippen LogP contribution is 2.16. The molecule has 0 spiro atoms. The molecule has 2 aromatic carbocycles. The lowest BCUT2D eigenvalue weighted by molar-refractivity contribution is 0.581. The Labute approximate surface area is 127 Å². The predicted octanol–water partition coefficient (Wildman–Crippen LogP) is 1.91. The fraction of sp³-hybridized carbons (Fsp3) is 0.0667. The molecule has 0 aliphatic heterocycles. The summed E-state index contributed by atoms with van der Waals surface area (Å²) in [6.07, 6.45) is 1.59. The molecule has 0 saturated heterocycles. The Hall–Kier alpha value is -2.69. The number of fused-ring (bicyclic) bond motifs is 1. The Morgan fingerprint density at radius 2 is 2.05 bits per heavy atom. The van der Waals surface area contributed by atoms with Gasteiger partial charge in [0.1, 0.15) is 6.07 Å². The second-order valence-electron chi connectivity index (χ2n) is 4.69. The number of aromatic amines is 1. The van der Waals surface area contributed by atoms with E-state index in [-0.39, 0.29) is 17.0 Å². The van der Waals surface area contributed by atoms with Crippen molar-refractivity contribution in [3.63, 3.8) is 0 Å². The lowest BCUT2D eigenvalue weighted by Crippen LogP contribution is -2.24. The van der Waals surface area contributed by atoms with Crippen LogP contribution < -0.4 is 4.72 Å². The molecule has 0 aliphatic carbocycles. The van der Waals surface area contributed by atoms with E-state index in [1.807, 2.05) is 24.3 Å². The van der Waals surface area contributed by atoms with Crippen molar-refractivity contribution in [1.82, 2.24) is 14.7 Å². The first-order chi connectivity index (χ1) is 10.6. The second kappa shape index (κ2) is 5.60. The van der Waals surface area contributed by atoms with Crippen molar-refractivity contribution >= 4 is 21.1 Å². The normalized spacial score (nSPS) is 11.4. The number of aromatic nitrogens is 2. The van der Waals surface area contributed by atoms with Crippen LogP contribution in [0.4, 0.5) is 0 Å². The van der Waals surface area contributed by atoms with Crippen LogP contribution in [0.5, 0.6) is 0 Å². The lowest BCUT2D eigenvalue weighted by Gasteiger charge is -2.08. The molecule has 0 radical (unpaired) electrons. The highest BCUT2D eigenvalue weighted by atomic mass is 32.2. The van der Waals surface area contributed by atoms with Crippen LogP contribution in [0.2, 0.25) is 0 Å². The van der Waals surface area contributed by atoms with Crippen molar-refractivity contribution in [3.05, 3.63) is 59.9 Å². The van der Waals surface area contributed by atoms with Gasteiger partial charge in [0.15, 0.2) is 0 Å². The zero-order chi connectivity index (χ0) is 15.6. The standard InChI is InChI=1S/C15H12N4O2S/c16-8-12-3-1-2-4-15(12)22(20,21)19-9-11-5-6-13-14(7-11)18-10-17-13/h1-7,10,19H,9H2,(H,17,18). The first kappa shape index (κ1) is 14.3. The van der Waals surface area contributed by atoms with E-state index in [4.69, 9.17) is 5.26 Å². The van der Waals surface area contributed by atoms with E-state index in [1.165, 1.54) is 12.1 Å². The Balaban J connectivity index is 1.84. The van der Waals surface area contributed by atoms with E-state index in [0.29, 0.717) is 0 Å². The van der Waals surface area contributed by atoms with E-state index < -0.39 is 10.0 Å². The van der Waals surface area contributed by atoms with Crippen LogP contribution in [-0.4, -0.2) is 18.4 Å². The van der Waals surface area contributed by atoms with Crippen molar-refractivity contribution < 1.29 is 8.42 Å². The third-order valence-electron chi connectivity index (χ3n) is 3.25. The molecule has 1 heterocycles. The van der Waals surface area contributed by atoms with Gasteiger partial charge in [-0.3, -0.25) is 0 Å². The molecular formula is C15H12N4O2S. The minimum Gasteiger partial charge on any atom is -0.345 e. The van der Waals surface area contributed by atoms with E-state index in [1.54, 1.807) is 18.5 Å². The maximum Gasteiger partial charge on any atom is 0.242 e. The van der Waals surface area contributed by atoms with Gasteiger partial charge in [-0.25, -0.2) is 18.1 Å². The molecule has 110 valence electrons. The average Bonchev–Trinajstić information content (AvgIpc) is 3.00. The second-order valence-corrected chi connectivity index (χ2v) is 6.42. The Morgan fingerprint density at radius 3 is 2.86 bits per heavy atom. The van der Waals surface area contributed by atoms with E-state index in [0.717, 1.165) is 16.6 Å². The first-order valence-electron chi connectivity index (χ1n) is 6.51. The number of rotatable bonds is 4. The molecule has 0 atom stereocenters. The first-order valence-corrected chi connectivity index (χ1v) is 7.99. The minimum absolute atomic E-state index is 0.0138.